The summed E-state index contributed by atoms with van der Waals surface area (Å²) in [6, 6.07) is 4.08. The molecule has 0 aliphatic carbocycles. The molecule has 0 aliphatic heterocycles. The van der Waals surface area contributed by atoms with Crippen LogP contribution in [0.1, 0.15) is 0 Å². The fourth-order valence-electron chi connectivity index (χ4n) is 0.700. The average Bonchev–Trinajstić information content (AvgIpc) is 1.98. The fraction of sp³-hybridized carbons (Fsp3) is 0.143. The van der Waals surface area contributed by atoms with Crippen molar-refractivity contribution in [2.45, 2.75) is 0 Å². The molecule has 2 N–H and O–H groups in total. The molecule has 0 bridgehead atoms. The Morgan fingerprint density at radius 3 is 2.64 bits per heavy atom. The van der Waals surface area contributed by atoms with E-state index in [0.717, 1.165) is 0 Å². The van der Waals surface area contributed by atoms with Gasteiger partial charge >= 0.3 is 0 Å². The number of phenolic OH excluding ortho intramolecular Hbond substituents is 2. The molecule has 4 heteroatoms. The Morgan fingerprint density at radius 1 is 1.27 bits per heavy atom. The molecule has 0 saturated heterocycles. The van der Waals surface area contributed by atoms with E-state index < -0.39 is 0 Å². The van der Waals surface area contributed by atoms with E-state index in [-0.39, 0.29) is 17.2 Å². The highest BCUT2D eigenvalue weighted by Crippen LogP contribution is 2.29. The van der Waals surface area contributed by atoms with Crippen LogP contribution < -0.4 is 0 Å². The third kappa shape index (κ3) is 1.67. The predicted molar refractivity (Wildman–Crippen MR) is 40.2 cm³/mol. The number of nitrogens with zero attached hydrogens (tertiary/aromatic N) is 2. The Bertz CT molecular complexity index is 284. The molecule has 0 heterocycles. The lowest BCUT2D eigenvalue weighted by molar-refractivity contribution is 0.461. The molecule has 0 radical (unpaired) electrons. The van der Waals surface area contributed by atoms with Crippen LogP contribution >= 0.6 is 0 Å². The molecular formula is C7H8N2O2. The zero-order valence-electron chi connectivity index (χ0n) is 6.02. The van der Waals surface area contributed by atoms with E-state index in [9.17, 15) is 0 Å². The first kappa shape index (κ1) is 7.53. The maximum atomic E-state index is 9.10. The van der Waals surface area contributed by atoms with Crippen molar-refractivity contribution in [2.24, 2.45) is 10.2 Å². The summed E-state index contributed by atoms with van der Waals surface area (Å²) >= 11 is 0. The first-order chi connectivity index (χ1) is 5.24. The van der Waals surface area contributed by atoms with Crippen LogP contribution in [0, 0.1) is 0 Å². The zero-order chi connectivity index (χ0) is 8.27. The summed E-state index contributed by atoms with van der Waals surface area (Å²) in [5.74, 6) is 0.0681. The van der Waals surface area contributed by atoms with Gasteiger partial charge in [0.2, 0.25) is 0 Å². The van der Waals surface area contributed by atoms with Crippen LogP contribution in [0.15, 0.2) is 28.4 Å². The van der Waals surface area contributed by atoms with Crippen LogP contribution in [0.3, 0.4) is 0 Å². The second-order valence-corrected chi connectivity index (χ2v) is 1.97. The molecule has 0 spiro atoms. The highest BCUT2D eigenvalue weighted by Gasteiger charge is 1.98. The van der Waals surface area contributed by atoms with Gasteiger partial charge in [0, 0.05) is 13.1 Å². The molecule has 0 unspecified atom stereocenters. The Labute approximate surface area is 63.8 Å². The Morgan fingerprint density at radius 2 is 2.00 bits per heavy atom. The number of hydrogen-bond donors (Lipinski definition) is 2. The molecule has 0 saturated carbocycles. The van der Waals surface area contributed by atoms with Gasteiger partial charge in [-0.25, -0.2) is 0 Å². The lowest BCUT2D eigenvalue weighted by atomic mass is 10.3. The predicted octanol–water partition coefficient (Wildman–Crippen LogP) is 1.81. The van der Waals surface area contributed by atoms with Crippen LogP contribution in [0.25, 0.3) is 0 Å². The summed E-state index contributed by atoms with van der Waals surface area (Å²) in [6.07, 6.45) is 0. The van der Waals surface area contributed by atoms with Gasteiger partial charge < -0.3 is 10.2 Å². The Kier molecular flexibility index (Phi) is 2.06. The van der Waals surface area contributed by atoms with E-state index >= 15 is 0 Å². The topological polar surface area (TPSA) is 65.2 Å². The highest BCUT2D eigenvalue weighted by molar-refractivity contribution is 5.53. The summed E-state index contributed by atoms with van der Waals surface area (Å²) < 4.78 is 0. The smallest absolute Gasteiger partial charge is 0.143 e. The molecule has 1 rings (SSSR count). The van der Waals surface area contributed by atoms with Crippen molar-refractivity contribution in [3.8, 4) is 11.5 Å². The lowest BCUT2D eigenvalue weighted by Gasteiger charge is -1.96. The summed E-state index contributed by atoms with van der Waals surface area (Å²) in [7, 11) is 1.49. The molecule has 4 nitrogen and oxygen atoms in total. The second-order valence-electron chi connectivity index (χ2n) is 1.97. The Hall–Kier alpha value is -1.58. The molecule has 1 aromatic rings. The minimum Gasteiger partial charge on any atom is -0.508 e. The molecule has 11 heavy (non-hydrogen) atoms. The van der Waals surface area contributed by atoms with E-state index in [1.54, 1.807) is 0 Å². The summed E-state index contributed by atoms with van der Waals surface area (Å²) in [5, 5.41) is 25.1. The lowest BCUT2D eigenvalue weighted by Crippen LogP contribution is -1.67. The number of benzene rings is 1. The van der Waals surface area contributed by atoms with Crippen molar-refractivity contribution in [1.29, 1.82) is 0 Å². The fourth-order valence-corrected chi connectivity index (χ4v) is 0.700. The van der Waals surface area contributed by atoms with Crippen molar-refractivity contribution in [3.63, 3.8) is 0 Å². The standard InChI is InChI=1S/C7H8N2O2/c1-8-9-6-4-5(10)2-3-7(6)11/h2-4,10-11H,1H3. The van der Waals surface area contributed by atoms with Gasteiger partial charge in [-0.1, -0.05) is 0 Å². The number of hydrogen-bond acceptors (Lipinski definition) is 4. The maximum absolute atomic E-state index is 9.10. The van der Waals surface area contributed by atoms with Crippen molar-refractivity contribution < 1.29 is 10.2 Å². The van der Waals surface area contributed by atoms with Gasteiger partial charge in [-0.3, -0.25) is 0 Å². The molecule has 0 aliphatic rings. The van der Waals surface area contributed by atoms with E-state index in [4.69, 9.17) is 10.2 Å². The third-order valence-corrected chi connectivity index (χ3v) is 1.17. The average molecular weight is 152 g/mol. The van der Waals surface area contributed by atoms with Crippen molar-refractivity contribution in [3.05, 3.63) is 18.2 Å². The monoisotopic (exact) mass is 152 g/mol. The van der Waals surface area contributed by atoms with Gasteiger partial charge in [0.1, 0.15) is 17.2 Å². The first-order valence-electron chi connectivity index (χ1n) is 3.06. The van der Waals surface area contributed by atoms with E-state index in [1.165, 1.54) is 25.2 Å². The van der Waals surface area contributed by atoms with Gasteiger partial charge in [-0.15, -0.1) is 0 Å². The van der Waals surface area contributed by atoms with Crippen LogP contribution in [-0.4, -0.2) is 17.3 Å². The maximum Gasteiger partial charge on any atom is 0.143 e. The number of azo groups is 1. The van der Waals surface area contributed by atoms with Gasteiger partial charge in [-0.05, 0) is 12.1 Å². The molecule has 0 fully saturated rings. The zero-order valence-corrected chi connectivity index (χ0v) is 6.02. The minimum absolute atomic E-state index is 0.00778. The van der Waals surface area contributed by atoms with Gasteiger partial charge in [-0.2, -0.15) is 10.2 Å². The first-order valence-corrected chi connectivity index (χ1v) is 3.06. The second kappa shape index (κ2) is 3.01. The SMILES string of the molecule is CN=Nc1cc(O)ccc1O. The van der Waals surface area contributed by atoms with Crippen LogP contribution in [0.5, 0.6) is 11.5 Å². The van der Waals surface area contributed by atoms with E-state index in [1.807, 2.05) is 0 Å². The largest absolute Gasteiger partial charge is 0.508 e. The molecule has 0 aromatic heterocycles. The highest BCUT2D eigenvalue weighted by atomic mass is 16.3. The summed E-state index contributed by atoms with van der Waals surface area (Å²) in [5.41, 5.74) is 0.271. The van der Waals surface area contributed by atoms with E-state index in [0.29, 0.717) is 0 Å². The van der Waals surface area contributed by atoms with Crippen molar-refractivity contribution >= 4 is 5.69 Å². The summed E-state index contributed by atoms with van der Waals surface area (Å²) in [6.45, 7) is 0. The number of phenols is 2. The normalized spacial score (nSPS) is 10.6. The van der Waals surface area contributed by atoms with Crippen molar-refractivity contribution in [1.82, 2.24) is 0 Å². The third-order valence-electron chi connectivity index (χ3n) is 1.17. The Balaban J connectivity index is 3.12. The molecule has 0 atom stereocenters. The van der Waals surface area contributed by atoms with Crippen LogP contribution in [0.2, 0.25) is 0 Å². The van der Waals surface area contributed by atoms with E-state index in [2.05, 4.69) is 10.2 Å². The minimum atomic E-state index is 0.00778. The molecule has 1 aromatic carbocycles. The summed E-state index contributed by atoms with van der Waals surface area (Å²) in [4.78, 5) is 0. The quantitative estimate of drug-likeness (QED) is 0.476. The molecule has 0 amide bonds. The van der Waals surface area contributed by atoms with Gasteiger partial charge in [0.25, 0.3) is 0 Å². The molecular weight excluding hydrogens is 144 g/mol. The molecule has 58 valence electrons. The van der Waals surface area contributed by atoms with Crippen LogP contribution in [0.4, 0.5) is 5.69 Å². The van der Waals surface area contributed by atoms with Crippen molar-refractivity contribution in [2.75, 3.05) is 7.05 Å². The number of aromatic hydroxyl groups is 2. The van der Waals surface area contributed by atoms with Gasteiger partial charge in [0.05, 0.1) is 0 Å². The van der Waals surface area contributed by atoms with Gasteiger partial charge in [0.15, 0.2) is 0 Å². The van der Waals surface area contributed by atoms with Crippen LogP contribution in [-0.2, 0) is 0 Å². The number of rotatable bonds is 1.